The Morgan fingerprint density at radius 3 is 2.50 bits per heavy atom. The molecule has 0 saturated heterocycles. The van der Waals surface area contributed by atoms with Crippen LogP contribution in [0.5, 0.6) is 0 Å². The molecule has 0 unspecified atom stereocenters. The lowest BCUT2D eigenvalue weighted by molar-refractivity contribution is -0.386. The number of carbonyl (C=O) groups excluding carboxylic acids is 1. The first-order valence-electron chi connectivity index (χ1n) is 3.87. The molecule has 0 aliphatic heterocycles. The van der Waals surface area contributed by atoms with E-state index in [0.717, 1.165) is 0 Å². The fourth-order valence-corrected chi connectivity index (χ4v) is 1.04. The molecule has 0 aliphatic rings. The largest absolute Gasteiger partial charge is 0.383 e. The first-order chi connectivity index (χ1) is 7.34. The number of rotatable bonds is 3. The standard InChI is InChI=1S/C7H6F2N4O3/c8-5(9)4-3(13(15)16)1-2(7(11)14)6(10)12-4/h1,5H,(H2,10,12)(H2,11,14). The van der Waals surface area contributed by atoms with Crippen molar-refractivity contribution in [1.29, 1.82) is 0 Å². The number of amides is 1. The highest BCUT2D eigenvalue weighted by atomic mass is 19.3. The maximum Gasteiger partial charge on any atom is 0.297 e. The molecule has 1 aromatic heterocycles. The van der Waals surface area contributed by atoms with Crippen LogP contribution in [0.2, 0.25) is 0 Å². The van der Waals surface area contributed by atoms with Crippen LogP contribution >= 0.6 is 0 Å². The zero-order valence-corrected chi connectivity index (χ0v) is 7.68. The van der Waals surface area contributed by atoms with Gasteiger partial charge in [0.05, 0.1) is 10.5 Å². The molecule has 0 spiro atoms. The zero-order valence-electron chi connectivity index (χ0n) is 7.68. The molecule has 0 radical (unpaired) electrons. The van der Waals surface area contributed by atoms with Gasteiger partial charge in [-0.05, 0) is 0 Å². The lowest BCUT2D eigenvalue weighted by atomic mass is 10.2. The van der Waals surface area contributed by atoms with Crippen LogP contribution in [-0.4, -0.2) is 15.8 Å². The lowest BCUT2D eigenvalue weighted by Crippen LogP contribution is -2.16. The monoisotopic (exact) mass is 232 g/mol. The fraction of sp³-hybridized carbons (Fsp3) is 0.143. The number of halogens is 2. The van der Waals surface area contributed by atoms with Crippen LogP contribution in [0.4, 0.5) is 20.3 Å². The number of primary amides is 1. The molecule has 1 heterocycles. The van der Waals surface area contributed by atoms with Crippen molar-refractivity contribution in [2.24, 2.45) is 5.73 Å². The third-order valence-electron chi connectivity index (χ3n) is 1.73. The third kappa shape index (κ3) is 2.02. The van der Waals surface area contributed by atoms with Gasteiger partial charge in [0.2, 0.25) is 0 Å². The molecule has 7 nitrogen and oxygen atoms in total. The number of anilines is 1. The van der Waals surface area contributed by atoms with Crippen molar-refractivity contribution in [2.75, 3.05) is 5.73 Å². The Morgan fingerprint density at radius 2 is 2.12 bits per heavy atom. The summed E-state index contributed by atoms with van der Waals surface area (Å²) in [4.78, 5) is 23.2. The molecular formula is C7H6F2N4O3. The molecule has 4 N–H and O–H groups in total. The Kier molecular flexibility index (Phi) is 2.97. The summed E-state index contributed by atoms with van der Waals surface area (Å²) >= 11 is 0. The smallest absolute Gasteiger partial charge is 0.297 e. The maximum atomic E-state index is 12.4. The number of nitrogen functional groups attached to an aromatic ring is 1. The highest BCUT2D eigenvalue weighted by Gasteiger charge is 2.26. The molecule has 0 aromatic carbocycles. The van der Waals surface area contributed by atoms with E-state index in [1.807, 2.05) is 0 Å². The molecule has 1 aromatic rings. The van der Waals surface area contributed by atoms with Crippen molar-refractivity contribution in [2.45, 2.75) is 6.43 Å². The van der Waals surface area contributed by atoms with E-state index in [1.165, 1.54) is 0 Å². The van der Waals surface area contributed by atoms with Crippen molar-refractivity contribution in [3.63, 3.8) is 0 Å². The number of nitro groups is 1. The predicted molar refractivity (Wildman–Crippen MR) is 48.8 cm³/mol. The number of hydrogen-bond acceptors (Lipinski definition) is 5. The van der Waals surface area contributed by atoms with E-state index in [0.29, 0.717) is 6.07 Å². The summed E-state index contributed by atoms with van der Waals surface area (Å²) in [6, 6.07) is 0.589. The lowest BCUT2D eigenvalue weighted by Gasteiger charge is -2.05. The molecule has 9 heteroatoms. The van der Waals surface area contributed by atoms with Gasteiger partial charge in [-0.3, -0.25) is 14.9 Å². The van der Waals surface area contributed by atoms with Gasteiger partial charge >= 0.3 is 0 Å². The van der Waals surface area contributed by atoms with Gasteiger partial charge in [0.15, 0.2) is 5.69 Å². The van der Waals surface area contributed by atoms with Gasteiger partial charge in [0, 0.05) is 6.07 Å². The van der Waals surface area contributed by atoms with Crippen molar-refractivity contribution < 1.29 is 18.5 Å². The molecule has 0 atom stereocenters. The summed E-state index contributed by atoms with van der Waals surface area (Å²) in [5.74, 6) is -1.64. The molecule has 0 bridgehead atoms. The van der Waals surface area contributed by atoms with Crippen LogP contribution in [0, 0.1) is 10.1 Å². The van der Waals surface area contributed by atoms with Gasteiger partial charge in [-0.25, -0.2) is 13.8 Å². The number of nitrogens with two attached hydrogens (primary N) is 2. The molecule has 1 amide bonds. The number of nitrogens with zero attached hydrogens (tertiary/aromatic N) is 2. The van der Waals surface area contributed by atoms with Crippen molar-refractivity contribution in [3.05, 3.63) is 27.4 Å². The Labute approximate surface area is 87.2 Å². The van der Waals surface area contributed by atoms with E-state index in [2.05, 4.69) is 4.98 Å². The highest BCUT2D eigenvalue weighted by Crippen LogP contribution is 2.29. The Hall–Kier alpha value is -2.32. The summed E-state index contributed by atoms with van der Waals surface area (Å²) in [6.45, 7) is 0. The van der Waals surface area contributed by atoms with Gasteiger partial charge in [-0.1, -0.05) is 0 Å². The molecule has 0 saturated carbocycles. The van der Waals surface area contributed by atoms with Crippen LogP contribution in [0.3, 0.4) is 0 Å². The molecule has 0 aliphatic carbocycles. The minimum Gasteiger partial charge on any atom is -0.383 e. The van der Waals surface area contributed by atoms with Gasteiger partial charge in [0.25, 0.3) is 18.0 Å². The Balaban J connectivity index is 3.49. The van der Waals surface area contributed by atoms with Gasteiger partial charge < -0.3 is 11.5 Å². The van der Waals surface area contributed by atoms with E-state index >= 15 is 0 Å². The fourth-order valence-electron chi connectivity index (χ4n) is 1.04. The van der Waals surface area contributed by atoms with Crippen LogP contribution < -0.4 is 11.5 Å². The topological polar surface area (TPSA) is 125 Å². The van der Waals surface area contributed by atoms with E-state index in [-0.39, 0.29) is 0 Å². The molecule has 0 fully saturated rings. The maximum absolute atomic E-state index is 12.4. The van der Waals surface area contributed by atoms with Crippen molar-refractivity contribution in [1.82, 2.24) is 4.98 Å². The van der Waals surface area contributed by atoms with E-state index in [4.69, 9.17) is 11.5 Å². The van der Waals surface area contributed by atoms with E-state index in [1.54, 1.807) is 0 Å². The van der Waals surface area contributed by atoms with Crippen LogP contribution in [-0.2, 0) is 0 Å². The van der Waals surface area contributed by atoms with Gasteiger partial charge in [0.1, 0.15) is 5.82 Å². The van der Waals surface area contributed by atoms with Crippen LogP contribution in [0.15, 0.2) is 6.07 Å². The van der Waals surface area contributed by atoms with Gasteiger partial charge in [-0.15, -0.1) is 0 Å². The summed E-state index contributed by atoms with van der Waals surface area (Å²) in [6.07, 6.45) is -3.16. The number of aromatic nitrogens is 1. The second kappa shape index (κ2) is 4.04. The minimum atomic E-state index is -3.16. The average molecular weight is 232 g/mol. The summed E-state index contributed by atoms with van der Waals surface area (Å²) < 4.78 is 24.7. The van der Waals surface area contributed by atoms with Crippen molar-refractivity contribution >= 4 is 17.4 Å². The molecule has 16 heavy (non-hydrogen) atoms. The van der Waals surface area contributed by atoms with Crippen LogP contribution in [0.25, 0.3) is 0 Å². The summed E-state index contributed by atoms with van der Waals surface area (Å²) in [5.41, 5.74) is 7.46. The third-order valence-corrected chi connectivity index (χ3v) is 1.73. The first-order valence-corrected chi connectivity index (χ1v) is 3.87. The number of alkyl halides is 2. The first kappa shape index (κ1) is 11.8. The second-order valence-electron chi connectivity index (χ2n) is 2.75. The number of pyridine rings is 1. The molecule has 1 rings (SSSR count). The van der Waals surface area contributed by atoms with E-state index < -0.39 is 40.0 Å². The average Bonchev–Trinajstić information content (AvgIpc) is 2.15. The summed E-state index contributed by atoms with van der Waals surface area (Å²) in [5, 5.41) is 10.5. The van der Waals surface area contributed by atoms with Crippen molar-refractivity contribution in [3.8, 4) is 0 Å². The SMILES string of the molecule is NC(=O)c1cc([N+](=O)[O-])c(C(F)F)nc1N. The van der Waals surface area contributed by atoms with E-state index in [9.17, 15) is 23.7 Å². The zero-order chi connectivity index (χ0) is 12.5. The van der Waals surface area contributed by atoms with Gasteiger partial charge in [-0.2, -0.15) is 0 Å². The molecular weight excluding hydrogens is 226 g/mol. The molecule has 86 valence electrons. The van der Waals surface area contributed by atoms with Crippen LogP contribution in [0.1, 0.15) is 22.5 Å². The Bertz CT molecular complexity index is 463. The summed E-state index contributed by atoms with van der Waals surface area (Å²) in [7, 11) is 0. The number of carbonyl (C=O) groups is 1. The highest BCUT2D eigenvalue weighted by molar-refractivity contribution is 5.97. The predicted octanol–water partition coefficient (Wildman–Crippen LogP) is 0.609. The quantitative estimate of drug-likeness (QED) is 0.583. The number of hydrogen-bond donors (Lipinski definition) is 2. The second-order valence-corrected chi connectivity index (χ2v) is 2.75. The Morgan fingerprint density at radius 1 is 1.56 bits per heavy atom. The minimum absolute atomic E-state index is 0.462. The normalized spacial score (nSPS) is 10.4.